The number of nitrogens with one attached hydrogen (secondary N) is 2. The molecule has 3 aromatic rings. The number of fused-ring (bicyclic) bond motifs is 2. The van der Waals surface area contributed by atoms with Gasteiger partial charge in [0.15, 0.2) is 23.0 Å². The molecule has 0 saturated heterocycles. The van der Waals surface area contributed by atoms with Crippen molar-refractivity contribution < 1.29 is 28.5 Å². The van der Waals surface area contributed by atoms with Gasteiger partial charge in [0.2, 0.25) is 0 Å². The highest BCUT2D eigenvalue weighted by atomic mass is 16.6. The Balaban J connectivity index is 1.11. The summed E-state index contributed by atoms with van der Waals surface area (Å²) in [6.07, 6.45) is 7.08. The fraction of sp³-hybridized carbons (Fsp3) is 0.188. The Kier molecular flexibility index (Phi) is 8.93. The van der Waals surface area contributed by atoms with Crippen molar-refractivity contribution in [2.45, 2.75) is 13.8 Å². The highest BCUT2D eigenvalue weighted by Gasteiger charge is 2.15. The van der Waals surface area contributed by atoms with E-state index < -0.39 is 0 Å². The van der Waals surface area contributed by atoms with E-state index in [2.05, 4.69) is 21.1 Å². The van der Waals surface area contributed by atoms with E-state index in [4.69, 9.17) is 18.9 Å². The van der Waals surface area contributed by atoms with Crippen molar-refractivity contribution in [2.75, 3.05) is 26.4 Å². The first kappa shape index (κ1) is 28.2. The normalized spacial score (nSPS) is 14.6. The van der Waals surface area contributed by atoms with Gasteiger partial charge in [-0.3, -0.25) is 9.59 Å². The topological polar surface area (TPSA) is 120 Å². The summed E-state index contributed by atoms with van der Waals surface area (Å²) in [5.41, 5.74) is 9.61. The zero-order chi connectivity index (χ0) is 29.3. The van der Waals surface area contributed by atoms with Crippen LogP contribution in [0.25, 0.3) is 12.2 Å². The number of hydrogen-bond donors (Lipinski definition) is 2. The third-order valence-corrected chi connectivity index (χ3v) is 6.20. The van der Waals surface area contributed by atoms with Crippen LogP contribution in [0.15, 0.2) is 82.0 Å². The minimum Gasteiger partial charge on any atom is -0.486 e. The maximum Gasteiger partial charge on any atom is 0.271 e. The number of carbonyl (C=O) groups excluding carboxylic acids is 2. The lowest BCUT2D eigenvalue weighted by atomic mass is 10.1. The van der Waals surface area contributed by atoms with E-state index in [1.165, 1.54) is 0 Å². The monoisotopic (exact) mass is 566 g/mol. The Morgan fingerprint density at radius 1 is 0.595 bits per heavy atom. The molecule has 214 valence electrons. The highest BCUT2D eigenvalue weighted by Crippen LogP contribution is 2.31. The molecule has 5 rings (SSSR count). The lowest BCUT2D eigenvalue weighted by Gasteiger charge is -2.18. The fourth-order valence-electron chi connectivity index (χ4n) is 4.17. The predicted octanol–water partition coefficient (Wildman–Crippen LogP) is 4.87. The van der Waals surface area contributed by atoms with Crippen LogP contribution in [0.1, 0.15) is 45.7 Å². The lowest BCUT2D eigenvalue weighted by Crippen LogP contribution is -2.19. The van der Waals surface area contributed by atoms with E-state index in [1.807, 2.05) is 50.3 Å². The third kappa shape index (κ3) is 7.42. The van der Waals surface area contributed by atoms with Crippen molar-refractivity contribution in [3.8, 4) is 23.0 Å². The SMILES string of the molecule is CC(/C=N/NC(=O)c1ccc2c(c1)OCCO2)=C\c1ccc(/C=C(C)/C=N/NC(=O)c2ccc3c(c2)OCCO3)cc1. The van der Waals surface area contributed by atoms with Gasteiger partial charge in [-0.25, -0.2) is 10.9 Å². The van der Waals surface area contributed by atoms with E-state index in [9.17, 15) is 9.59 Å². The number of rotatable bonds is 8. The summed E-state index contributed by atoms with van der Waals surface area (Å²) in [5, 5.41) is 8.12. The van der Waals surface area contributed by atoms with Crippen LogP contribution in [-0.2, 0) is 0 Å². The maximum absolute atomic E-state index is 12.4. The van der Waals surface area contributed by atoms with Crippen molar-refractivity contribution in [1.29, 1.82) is 0 Å². The number of carbonyl (C=O) groups is 2. The summed E-state index contributed by atoms with van der Waals surface area (Å²) in [4.78, 5) is 24.8. The van der Waals surface area contributed by atoms with Gasteiger partial charge in [-0.1, -0.05) is 36.4 Å². The maximum atomic E-state index is 12.4. The first-order valence-electron chi connectivity index (χ1n) is 13.4. The van der Waals surface area contributed by atoms with Crippen LogP contribution in [0, 0.1) is 0 Å². The summed E-state index contributed by atoms with van der Waals surface area (Å²) < 4.78 is 22.0. The molecule has 0 spiro atoms. The summed E-state index contributed by atoms with van der Waals surface area (Å²) in [5.74, 6) is 1.68. The van der Waals surface area contributed by atoms with E-state index in [1.54, 1.807) is 48.8 Å². The van der Waals surface area contributed by atoms with Gasteiger partial charge in [0.05, 0.1) is 12.4 Å². The molecular weight excluding hydrogens is 536 g/mol. The van der Waals surface area contributed by atoms with Crippen molar-refractivity contribution in [3.63, 3.8) is 0 Å². The molecule has 42 heavy (non-hydrogen) atoms. The molecule has 0 unspecified atom stereocenters. The fourth-order valence-corrected chi connectivity index (χ4v) is 4.17. The minimum atomic E-state index is -0.339. The van der Waals surface area contributed by atoms with Gasteiger partial charge in [-0.05, 0) is 72.5 Å². The van der Waals surface area contributed by atoms with E-state index in [0.717, 1.165) is 22.3 Å². The number of amides is 2. The van der Waals surface area contributed by atoms with Gasteiger partial charge < -0.3 is 18.9 Å². The molecule has 0 atom stereocenters. The Morgan fingerprint density at radius 3 is 1.38 bits per heavy atom. The van der Waals surface area contributed by atoms with Crippen molar-refractivity contribution in [3.05, 3.63) is 94.1 Å². The predicted molar refractivity (Wildman–Crippen MR) is 161 cm³/mol. The molecule has 10 heteroatoms. The van der Waals surface area contributed by atoms with Crippen LogP contribution in [0.2, 0.25) is 0 Å². The number of benzene rings is 3. The number of nitrogens with zero attached hydrogens (tertiary/aromatic N) is 2. The third-order valence-electron chi connectivity index (χ3n) is 6.20. The molecule has 3 aromatic carbocycles. The van der Waals surface area contributed by atoms with E-state index >= 15 is 0 Å². The zero-order valence-corrected chi connectivity index (χ0v) is 23.3. The average molecular weight is 567 g/mol. The molecule has 10 nitrogen and oxygen atoms in total. The summed E-state index contributed by atoms with van der Waals surface area (Å²) in [7, 11) is 0. The second-order valence-corrected chi connectivity index (χ2v) is 9.56. The second-order valence-electron chi connectivity index (χ2n) is 9.56. The molecule has 0 saturated carbocycles. The van der Waals surface area contributed by atoms with Crippen LogP contribution in [0.5, 0.6) is 23.0 Å². The molecule has 0 aliphatic carbocycles. The zero-order valence-electron chi connectivity index (χ0n) is 23.3. The van der Waals surface area contributed by atoms with Gasteiger partial charge in [0.1, 0.15) is 26.4 Å². The molecule has 2 aliphatic heterocycles. The molecule has 2 heterocycles. The minimum absolute atomic E-state index is 0.339. The number of allylic oxidation sites excluding steroid dienone is 2. The Labute approximate surface area is 243 Å². The molecular formula is C32H30N4O6. The molecule has 0 radical (unpaired) electrons. The molecule has 2 aliphatic rings. The Hall–Kier alpha value is -5.38. The second kappa shape index (κ2) is 13.3. The average Bonchev–Trinajstić information content (AvgIpc) is 3.01. The van der Waals surface area contributed by atoms with Gasteiger partial charge in [0.25, 0.3) is 11.8 Å². The highest BCUT2D eigenvalue weighted by molar-refractivity contribution is 5.96. The molecule has 2 amide bonds. The van der Waals surface area contributed by atoms with Crippen molar-refractivity contribution in [2.24, 2.45) is 10.2 Å². The van der Waals surface area contributed by atoms with Crippen molar-refractivity contribution in [1.82, 2.24) is 10.9 Å². The van der Waals surface area contributed by atoms with Crippen molar-refractivity contribution >= 4 is 36.4 Å². The molecule has 0 aromatic heterocycles. The molecule has 0 bridgehead atoms. The van der Waals surface area contributed by atoms with Gasteiger partial charge >= 0.3 is 0 Å². The van der Waals surface area contributed by atoms with Gasteiger partial charge in [0, 0.05) is 11.1 Å². The lowest BCUT2D eigenvalue weighted by molar-refractivity contribution is 0.0946. The summed E-state index contributed by atoms with van der Waals surface area (Å²) in [6.45, 7) is 5.69. The van der Waals surface area contributed by atoms with E-state index in [-0.39, 0.29) is 11.8 Å². The van der Waals surface area contributed by atoms with E-state index in [0.29, 0.717) is 60.6 Å². The van der Waals surface area contributed by atoms with Gasteiger partial charge in [-0.15, -0.1) is 0 Å². The number of ether oxygens (including phenoxy) is 4. The van der Waals surface area contributed by atoms with Crippen LogP contribution in [0.3, 0.4) is 0 Å². The first-order chi connectivity index (χ1) is 20.4. The first-order valence-corrected chi connectivity index (χ1v) is 13.4. The Morgan fingerprint density at radius 2 is 0.976 bits per heavy atom. The molecule has 0 fully saturated rings. The number of hydrazone groups is 2. The van der Waals surface area contributed by atoms with Crippen LogP contribution in [0.4, 0.5) is 0 Å². The smallest absolute Gasteiger partial charge is 0.271 e. The molecule has 2 N–H and O–H groups in total. The van der Waals surface area contributed by atoms with Crippen LogP contribution < -0.4 is 29.8 Å². The van der Waals surface area contributed by atoms with Crippen LogP contribution >= 0.6 is 0 Å². The largest absolute Gasteiger partial charge is 0.486 e. The summed E-state index contributed by atoms with van der Waals surface area (Å²) >= 11 is 0. The number of hydrogen-bond acceptors (Lipinski definition) is 8. The Bertz CT molecular complexity index is 1470. The quantitative estimate of drug-likeness (QED) is 0.297. The summed E-state index contributed by atoms with van der Waals surface area (Å²) in [6, 6.07) is 18.0. The standard InChI is InChI=1S/C32H30N4O6/c1-21(19-33-35-31(37)25-7-9-27-29(17-25)41-13-11-39-27)15-23-3-5-24(6-4-23)16-22(2)20-34-36-32(38)26-8-10-28-30(18-26)42-14-12-40-28/h3-10,15-20H,11-14H2,1-2H3,(H,35,37)(H,36,38)/b21-15+,22-16+,33-19+,34-20+. The van der Waals surface area contributed by atoms with Gasteiger partial charge in [-0.2, -0.15) is 10.2 Å². The van der Waals surface area contributed by atoms with Crippen LogP contribution in [-0.4, -0.2) is 50.7 Å².